The van der Waals surface area contributed by atoms with Gasteiger partial charge >= 0.3 is 12.4 Å². The first-order valence-electron chi connectivity index (χ1n) is 15.5. The Labute approximate surface area is 274 Å². The van der Waals surface area contributed by atoms with Crippen LogP contribution in [0.4, 0.5) is 37.7 Å². The molecule has 0 unspecified atom stereocenters. The second-order valence-electron chi connectivity index (χ2n) is 13.3. The maximum absolute atomic E-state index is 13.6. The second kappa shape index (κ2) is 14.3. The molecule has 1 saturated carbocycles. The van der Waals surface area contributed by atoms with Crippen LogP contribution in [0.25, 0.3) is 0 Å². The Kier molecular flexibility index (Phi) is 11.1. The molecule has 3 N–H and O–H groups in total. The van der Waals surface area contributed by atoms with Gasteiger partial charge in [0, 0.05) is 42.5 Å². The summed E-state index contributed by atoms with van der Waals surface area (Å²) >= 11 is 6.32. The third-order valence-corrected chi connectivity index (χ3v) is 9.06. The number of benzene rings is 2. The fourth-order valence-electron chi connectivity index (χ4n) is 5.85. The molecule has 2 aliphatic rings. The van der Waals surface area contributed by atoms with Gasteiger partial charge in [0.1, 0.15) is 0 Å². The van der Waals surface area contributed by atoms with Crippen LogP contribution >= 0.6 is 11.6 Å². The van der Waals surface area contributed by atoms with Crippen molar-refractivity contribution in [2.75, 3.05) is 23.3 Å². The predicted molar refractivity (Wildman–Crippen MR) is 167 cm³/mol. The van der Waals surface area contributed by atoms with Gasteiger partial charge < -0.3 is 20.9 Å². The van der Waals surface area contributed by atoms with Crippen LogP contribution in [0.2, 0.25) is 5.02 Å². The van der Waals surface area contributed by atoms with E-state index in [0.717, 1.165) is 0 Å². The monoisotopic (exact) mass is 688 g/mol. The first-order valence-corrected chi connectivity index (χ1v) is 15.9. The maximum atomic E-state index is 13.6. The third-order valence-electron chi connectivity index (χ3n) is 8.73. The van der Waals surface area contributed by atoms with Crippen molar-refractivity contribution in [2.24, 2.45) is 17.3 Å². The van der Waals surface area contributed by atoms with E-state index in [2.05, 4.69) is 16.0 Å². The van der Waals surface area contributed by atoms with Crippen LogP contribution in [0.3, 0.4) is 0 Å². The summed E-state index contributed by atoms with van der Waals surface area (Å²) in [5.41, 5.74) is 0.766. The number of nitrogens with one attached hydrogen (secondary N) is 3. The molecular formula is C33H39ClF6N4O3. The smallest absolute Gasteiger partial charge is 0.371 e. The van der Waals surface area contributed by atoms with Crippen LogP contribution in [0, 0.1) is 17.3 Å². The second-order valence-corrected chi connectivity index (χ2v) is 13.7. The lowest BCUT2D eigenvalue weighted by Gasteiger charge is -2.35. The number of hydrogen-bond acceptors (Lipinski definition) is 4. The molecule has 0 atom stereocenters. The van der Waals surface area contributed by atoms with E-state index in [9.17, 15) is 40.7 Å². The number of alkyl halides is 6. The molecule has 0 spiro atoms. The van der Waals surface area contributed by atoms with Crippen LogP contribution in [-0.4, -0.2) is 49.2 Å². The minimum atomic E-state index is -4.33. The fourth-order valence-corrected chi connectivity index (χ4v) is 6.05. The van der Waals surface area contributed by atoms with E-state index < -0.39 is 47.5 Å². The highest BCUT2D eigenvalue weighted by atomic mass is 35.5. The molecule has 3 amide bonds. The average molecular weight is 689 g/mol. The number of hydrogen-bond donors (Lipinski definition) is 3. The molecule has 0 aromatic heterocycles. The number of carbonyl (C=O) groups is 3. The Morgan fingerprint density at radius 1 is 0.787 bits per heavy atom. The standard InChI is InChI=1S/C33H39ClF6N4O3/c1-31(2,3)30(47)41-18-19-4-10-26(34)24(16-19)28(45)43-23-9-11-27(44-14-12-21(13-15-44)33(38,39)40)25(17-23)29(46)42-22-7-5-20(6-8-22)32(35,36)37/h4,9-11,16-17,20-22H,5-8,12-15,18H2,1-3H3,(H,41,47)(H,42,46)(H,43,45). The quantitative estimate of drug-likeness (QED) is 0.258. The van der Waals surface area contributed by atoms with Crippen molar-refractivity contribution in [1.29, 1.82) is 0 Å². The van der Waals surface area contributed by atoms with E-state index in [1.807, 2.05) is 0 Å². The van der Waals surface area contributed by atoms with Gasteiger partial charge in [-0.15, -0.1) is 0 Å². The Hall–Kier alpha value is -3.48. The number of piperidine rings is 1. The number of nitrogens with zero attached hydrogens (tertiary/aromatic N) is 1. The molecular weight excluding hydrogens is 650 g/mol. The summed E-state index contributed by atoms with van der Waals surface area (Å²) in [4.78, 5) is 40.9. The van der Waals surface area contributed by atoms with Gasteiger partial charge in [-0.05, 0) is 74.4 Å². The molecule has 1 aliphatic heterocycles. The van der Waals surface area contributed by atoms with Crippen molar-refractivity contribution in [3.63, 3.8) is 0 Å². The lowest BCUT2D eigenvalue weighted by atomic mass is 9.85. The lowest BCUT2D eigenvalue weighted by Crippen LogP contribution is -2.42. The molecule has 2 fully saturated rings. The Bertz CT molecular complexity index is 1460. The van der Waals surface area contributed by atoms with Crippen molar-refractivity contribution in [1.82, 2.24) is 10.6 Å². The summed E-state index contributed by atoms with van der Waals surface area (Å²) in [6.45, 7) is 5.55. The Morgan fingerprint density at radius 2 is 1.38 bits per heavy atom. The predicted octanol–water partition coefficient (Wildman–Crippen LogP) is 7.88. The van der Waals surface area contributed by atoms with Crippen molar-refractivity contribution in [2.45, 2.75) is 84.2 Å². The molecule has 1 heterocycles. The van der Waals surface area contributed by atoms with Crippen LogP contribution < -0.4 is 20.9 Å². The van der Waals surface area contributed by atoms with Gasteiger partial charge in [0.2, 0.25) is 5.91 Å². The molecule has 2 aromatic rings. The molecule has 0 bridgehead atoms. The lowest BCUT2D eigenvalue weighted by molar-refractivity contribution is -0.182. The molecule has 1 saturated heterocycles. The number of halogens is 7. The van der Waals surface area contributed by atoms with Crippen LogP contribution in [-0.2, 0) is 11.3 Å². The third kappa shape index (κ3) is 9.55. The summed E-state index contributed by atoms with van der Waals surface area (Å²) < 4.78 is 79.4. The van der Waals surface area contributed by atoms with E-state index >= 15 is 0 Å². The molecule has 2 aromatic carbocycles. The summed E-state index contributed by atoms with van der Waals surface area (Å²) in [7, 11) is 0. The molecule has 7 nitrogen and oxygen atoms in total. The van der Waals surface area contributed by atoms with E-state index in [1.165, 1.54) is 24.3 Å². The van der Waals surface area contributed by atoms with Crippen molar-refractivity contribution in [3.05, 3.63) is 58.1 Å². The highest BCUT2D eigenvalue weighted by Gasteiger charge is 2.43. The van der Waals surface area contributed by atoms with Gasteiger partial charge in [-0.1, -0.05) is 38.4 Å². The van der Waals surface area contributed by atoms with Crippen molar-refractivity contribution < 1.29 is 40.7 Å². The largest absolute Gasteiger partial charge is 0.391 e. The van der Waals surface area contributed by atoms with E-state index in [4.69, 9.17) is 11.6 Å². The van der Waals surface area contributed by atoms with Crippen molar-refractivity contribution >= 4 is 40.7 Å². The molecule has 4 rings (SSSR count). The SMILES string of the molecule is CC(C)(C)C(=O)NCc1ccc(Cl)c(C(=O)Nc2ccc(N3CCC(C(F)(F)F)CC3)c(C(=O)NC3CCC(C(F)(F)F)CC3)c2)c1. The van der Waals surface area contributed by atoms with Gasteiger partial charge in [-0.25, -0.2) is 0 Å². The zero-order valence-electron chi connectivity index (χ0n) is 26.4. The van der Waals surface area contributed by atoms with Gasteiger partial charge in [-0.2, -0.15) is 26.3 Å². The van der Waals surface area contributed by atoms with Gasteiger partial charge in [-0.3, -0.25) is 14.4 Å². The van der Waals surface area contributed by atoms with Gasteiger partial charge in [0.25, 0.3) is 11.8 Å². The summed E-state index contributed by atoms with van der Waals surface area (Å²) in [6, 6.07) is 8.68. The fraction of sp³-hybridized carbons (Fsp3) is 0.545. The van der Waals surface area contributed by atoms with E-state index in [-0.39, 0.29) is 85.9 Å². The average Bonchev–Trinajstić information content (AvgIpc) is 2.99. The highest BCUT2D eigenvalue weighted by molar-refractivity contribution is 6.34. The van der Waals surface area contributed by atoms with E-state index in [0.29, 0.717) is 11.3 Å². The summed E-state index contributed by atoms with van der Waals surface area (Å²) in [5.74, 6) is -4.27. The number of amides is 3. The minimum Gasteiger partial charge on any atom is -0.371 e. The molecule has 0 radical (unpaired) electrons. The van der Waals surface area contributed by atoms with Crippen LogP contribution in [0.1, 0.15) is 85.6 Å². The van der Waals surface area contributed by atoms with Crippen LogP contribution in [0.5, 0.6) is 0 Å². The normalized spacial score (nSPS) is 19.7. The first kappa shape index (κ1) is 36.4. The summed E-state index contributed by atoms with van der Waals surface area (Å²) in [6.07, 6.45) is -8.94. The highest BCUT2D eigenvalue weighted by Crippen LogP contribution is 2.39. The number of carbonyl (C=O) groups excluding carboxylic acids is 3. The topological polar surface area (TPSA) is 90.5 Å². The zero-order valence-corrected chi connectivity index (χ0v) is 27.1. The molecule has 14 heteroatoms. The number of rotatable bonds is 7. The zero-order chi connectivity index (χ0) is 34.7. The molecule has 258 valence electrons. The minimum absolute atomic E-state index is 0.0427. The van der Waals surface area contributed by atoms with E-state index in [1.54, 1.807) is 37.8 Å². The Morgan fingerprint density at radius 3 is 1.96 bits per heavy atom. The number of anilines is 2. The van der Waals surface area contributed by atoms with Gasteiger partial charge in [0.05, 0.1) is 28.0 Å². The molecule has 47 heavy (non-hydrogen) atoms. The Balaban J connectivity index is 1.54. The maximum Gasteiger partial charge on any atom is 0.391 e. The summed E-state index contributed by atoms with van der Waals surface area (Å²) in [5, 5.41) is 8.46. The molecule has 1 aliphatic carbocycles. The van der Waals surface area contributed by atoms with Gasteiger partial charge in [0.15, 0.2) is 0 Å². The van der Waals surface area contributed by atoms with Crippen molar-refractivity contribution in [3.8, 4) is 0 Å². The van der Waals surface area contributed by atoms with Crippen LogP contribution in [0.15, 0.2) is 36.4 Å². The first-order chi connectivity index (χ1) is 21.8.